The minimum atomic E-state index is -0.531. The lowest BCUT2D eigenvalue weighted by atomic mass is 10.2. The molecule has 0 spiro atoms. The molecule has 0 N–H and O–H groups in total. The van der Waals surface area contributed by atoms with Gasteiger partial charge in [-0.25, -0.2) is 13.6 Å². The predicted molar refractivity (Wildman–Crippen MR) is 86.0 cm³/mol. The standard InChI is InChI=1S/C16H12Cl2F2N2O/c17-13-7-11(19)2-1-10(13)9-21-5-6-22(16(21)23)12-3-4-15(20)14(18)8-12/h1-4,7-8H,5-6,9H2. The number of nitrogens with zero attached hydrogens (tertiary/aromatic N) is 2. The fourth-order valence-electron chi connectivity index (χ4n) is 2.48. The van der Waals surface area contributed by atoms with Gasteiger partial charge in [0.05, 0.1) is 5.02 Å². The molecule has 3 nitrogen and oxygen atoms in total. The Hall–Kier alpha value is -1.85. The molecule has 0 aromatic heterocycles. The summed E-state index contributed by atoms with van der Waals surface area (Å²) >= 11 is 11.8. The van der Waals surface area contributed by atoms with Crippen molar-refractivity contribution in [1.82, 2.24) is 4.90 Å². The Bertz CT molecular complexity index is 770. The molecule has 1 saturated heterocycles. The van der Waals surface area contributed by atoms with Crippen LogP contribution < -0.4 is 4.90 Å². The van der Waals surface area contributed by atoms with E-state index in [0.717, 1.165) is 0 Å². The molecular formula is C16H12Cl2F2N2O. The predicted octanol–water partition coefficient (Wildman–Crippen LogP) is 4.71. The second kappa shape index (κ2) is 6.34. The smallest absolute Gasteiger partial charge is 0.318 e. The summed E-state index contributed by atoms with van der Waals surface area (Å²) in [5.74, 6) is -0.953. The third-order valence-electron chi connectivity index (χ3n) is 3.69. The van der Waals surface area contributed by atoms with Gasteiger partial charge < -0.3 is 4.90 Å². The quantitative estimate of drug-likeness (QED) is 0.780. The van der Waals surface area contributed by atoms with Gasteiger partial charge in [-0.1, -0.05) is 29.3 Å². The Kier molecular flexibility index (Phi) is 4.41. The molecule has 3 rings (SSSR count). The third kappa shape index (κ3) is 3.26. The monoisotopic (exact) mass is 356 g/mol. The molecule has 0 unspecified atom stereocenters. The lowest BCUT2D eigenvalue weighted by Crippen LogP contribution is -2.31. The van der Waals surface area contributed by atoms with Crippen LogP contribution in [0, 0.1) is 11.6 Å². The van der Waals surface area contributed by atoms with E-state index < -0.39 is 11.6 Å². The number of hydrogen-bond acceptors (Lipinski definition) is 1. The Morgan fingerprint density at radius 2 is 1.78 bits per heavy atom. The van der Waals surface area contributed by atoms with Crippen molar-refractivity contribution in [3.05, 3.63) is 63.6 Å². The molecule has 2 aromatic carbocycles. The zero-order valence-corrected chi connectivity index (χ0v) is 13.4. The number of carbonyl (C=O) groups is 1. The molecule has 1 heterocycles. The minimum Gasteiger partial charge on any atom is -0.318 e. The third-order valence-corrected chi connectivity index (χ3v) is 4.33. The van der Waals surface area contributed by atoms with E-state index in [4.69, 9.17) is 23.2 Å². The van der Waals surface area contributed by atoms with Gasteiger partial charge in [0.15, 0.2) is 0 Å². The van der Waals surface area contributed by atoms with Crippen LogP contribution in [0.25, 0.3) is 0 Å². The largest absolute Gasteiger partial charge is 0.324 e. The van der Waals surface area contributed by atoms with Crippen LogP contribution in [0.4, 0.5) is 19.3 Å². The number of rotatable bonds is 3. The van der Waals surface area contributed by atoms with Crippen LogP contribution in [0.5, 0.6) is 0 Å². The zero-order valence-electron chi connectivity index (χ0n) is 11.9. The van der Waals surface area contributed by atoms with E-state index in [1.54, 1.807) is 11.0 Å². The lowest BCUT2D eigenvalue weighted by Gasteiger charge is -2.19. The highest BCUT2D eigenvalue weighted by atomic mass is 35.5. The summed E-state index contributed by atoms with van der Waals surface area (Å²) < 4.78 is 26.3. The molecule has 120 valence electrons. The van der Waals surface area contributed by atoms with Crippen molar-refractivity contribution in [3.63, 3.8) is 0 Å². The van der Waals surface area contributed by atoms with Crippen molar-refractivity contribution >= 4 is 34.9 Å². The number of amides is 2. The highest BCUT2D eigenvalue weighted by molar-refractivity contribution is 6.31. The Balaban J connectivity index is 1.77. The fourth-order valence-corrected chi connectivity index (χ4v) is 2.88. The Morgan fingerprint density at radius 1 is 1.00 bits per heavy atom. The highest BCUT2D eigenvalue weighted by Crippen LogP contribution is 2.27. The van der Waals surface area contributed by atoms with Gasteiger partial charge in [-0.3, -0.25) is 4.90 Å². The first-order valence-electron chi connectivity index (χ1n) is 6.91. The summed E-state index contributed by atoms with van der Waals surface area (Å²) in [5, 5.41) is 0.247. The van der Waals surface area contributed by atoms with Crippen molar-refractivity contribution in [2.45, 2.75) is 6.54 Å². The van der Waals surface area contributed by atoms with Gasteiger partial charge in [0, 0.05) is 30.3 Å². The maximum absolute atomic E-state index is 13.2. The lowest BCUT2D eigenvalue weighted by molar-refractivity contribution is 0.219. The first kappa shape index (κ1) is 16.0. The molecule has 0 saturated carbocycles. The summed E-state index contributed by atoms with van der Waals surface area (Å²) in [6.45, 7) is 1.23. The maximum atomic E-state index is 13.2. The van der Waals surface area contributed by atoms with Crippen molar-refractivity contribution < 1.29 is 13.6 Å². The molecule has 0 atom stereocenters. The number of halogens is 4. The average molecular weight is 357 g/mol. The van der Waals surface area contributed by atoms with Crippen LogP contribution in [-0.4, -0.2) is 24.0 Å². The molecule has 2 aromatic rings. The van der Waals surface area contributed by atoms with Gasteiger partial charge in [-0.15, -0.1) is 0 Å². The number of anilines is 1. The van der Waals surface area contributed by atoms with Crippen molar-refractivity contribution in [2.75, 3.05) is 18.0 Å². The second-order valence-corrected chi connectivity index (χ2v) is 6.00. The molecule has 1 fully saturated rings. The minimum absolute atomic E-state index is 0.0321. The number of hydrogen-bond donors (Lipinski definition) is 0. The van der Waals surface area contributed by atoms with E-state index in [-0.39, 0.29) is 22.6 Å². The molecular weight excluding hydrogens is 345 g/mol. The number of benzene rings is 2. The van der Waals surface area contributed by atoms with E-state index >= 15 is 0 Å². The summed E-state index contributed by atoms with van der Waals surface area (Å²) in [7, 11) is 0. The number of urea groups is 1. The SMILES string of the molecule is O=C1N(Cc2ccc(F)cc2Cl)CCN1c1ccc(F)c(Cl)c1. The first-order valence-corrected chi connectivity index (χ1v) is 7.67. The summed E-state index contributed by atoms with van der Waals surface area (Å²) in [4.78, 5) is 15.6. The molecule has 1 aliphatic rings. The van der Waals surface area contributed by atoms with E-state index in [2.05, 4.69) is 0 Å². The molecule has 7 heteroatoms. The average Bonchev–Trinajstić information content (AvgIpc) is 2.86. The number of carbonyl (C=O) groups excluding carboxylic acids is 1. The maximum Gasteiger partial charge on any atom is 0.324 e. The molecule has 1 aliphatic heterocycles. The summed E-state index contributed by atoms with van der Waals surface area (Å²) in [6.07, 6.45) is 0. The van der Waals surface area contributed by atoms with Crippen LogP contribution in [0.1, 0.15) is 5.56 Å². The fraction of sp³-hybridized carbons (Fsp3) is 0.188. The van der Waals surface area contributed by atoms with Gasteiger partial charge in [-0.05, 0) is 35.9 Å². The van der Waals surface area contributed by atoms with Crippen LogP contribution in [0.15, 0.2) is 36.4 Å². The molecule has 0 bridgehead atoms. The highest BCUT2D eigenvalue weighted by Gasteiger charge is 2.30. The van der Waals surface area contributed by atoms with Crippen LogP contribution >= 0.6 is 23.2 Å². The normalized spacial score (nSPS) is 14.7. The Labute approximate surface area is 142 Å². The summed E-state index contributed by atoms with van der Waals surface area (Å²) in [5.41, 5.74) is 1.20. The summed E-state index contributed by atoms with van der Waals surface area (Å²) in [6, 6.07) is 8.01. The van der Waals surface area contributed by atoms with Crippen LogP contribution in [-0.2, 0) is 6.54 Å². The van der Waals surface area contributed by atoms with Gasteiger partial charge in [0.1, 0.15) is 11.6 Å². The molecule has 0 aliphatic carbocycles. The van der Waals surface area contributed by atoms with E-state index in [1.165, 1.54) is 35.2 Å². The molecule has 0 radical (unpaired) electrons. The van der Waals surface area contributed by atoms with Gasteiger partial charge in [-0.2, -0.15) is 0 Å². The molecule has 23 heavy (non-hydrogen) atoms. The second-order valence-electron chi connectivity index (χ2n) is 5.19. The van der Waals surface area contributed by atoms with Gasteiger partial charge >= 0.3 is 6.03 Å². The van der Waals surface area contributed by atoms with Crippen molar-refractivity contribution in [3.8, 4) is 0 Å². The van der Waals surface area contributed by atoms with Crippen LogP contribution in [0.2, 0.25) is 10.0 Å². The van der Waals surface area contributed by atoms with E-state index in [9.17, 15) is 13.6 Å². The molecule has 2 amide bonds. The van der Waals surface area contributed by atoms with Gasteiger partial charge in [0.2, 0.25) is 0 Å². The van der Waals surface area contributed by atoms with E-state index in [1.807, 2.05) is 0 Å². The van der Waals surface area contributed by atoms with Crippen molar-refractivity contribution in [1.29, 1.82) is 0 Å². The topological polar surface area (TPSA) is 23.6 Å². The van der Waals surface area contributed by atoms with E-state index in [0.29, 0.717) is 24.3 Å². The zero-order chi connectivity index (χ0) is 16.6. The first-order chi connectivity index (χ1) is 11.0. The van der Waals surface area contributed by atoms with Gasteiger partial charge in [0.25, 0.3) is 0 Å². The van der Waals surface area contributed by atoms with Crippen LogP contribution in [0.3, 0.4) is 0 Å². The van der Waals surface area contributed by atoms with Crippen molar-refractivity contribution in [2.24, 2.45) is 0 Å². The Morgan fingerprint density at radius 3 is 2.48 bits per heavy atom.